The van der Waals surface area contributed by atoms with Gasteiger partial charge in [0.25, 0.3) is 0 Å². The van der Waals surface area contributed by atoms with Crippen molar-refractivity contribution >= 4 is 6.21 Å². The predicted octanol–water partition coefficient (Wildman–Crippen LogP) is -0.588. The summed E-state index contributed by atoms with van der Waals surface area (Å²) in [6, 6.07) is 0. The van der Waals surface area contributed by atoms with E-state index in [1.165, 1.54) is 6.42 Å². The Morgan fingerprint density at radius 1 is 1.45 bits per heavy atom. The molecular weight excluding hydrogens is 138 g/mol. The summed E-state index contributed by atoms with van der Waals surface area (Å²) in [5.74, 6) is 0. The fourth-order valence-corrected chi connectivity index (χ4v) is 1.34. The van der Waals surface area contributed by atoms with E-state index >= 15 is 0 Å². The van der Waals surface area contributed by atoms with E-state index < -0.39 is 0 Å². The first kappa shape index (κ1) is 8.68. The Balaban J connectivity index is 2.32. The molecule has 0 unspecified atom stereocenters. The molecule has 1 aliphatic rings. The van der Waals surface area contributed by atoms with Gasteiger partial charge in [-0.2, -0.15) is 0 Å². The average molecular weight is 156 g/mol. The van der Waals surface area contributed by atoms with Crippen LogP contribution in [0.15, 0.2) is 0 Å². The van der Waals surface area contributed by atoms with Gasteiger partial charge in [-0.25, -0.2) is 4.58 Å². The summed E-state index contributed by atoms with van der Waals surface area (Å²) in [4.78, 5) is 0. The number of nitrogens with zero attached hydrogens (tertiary/aromatic N) is 1. The molecule has 1 rings (SSSR count). The maximum Gasteiger partial charge on any atom is 0.154 e. The molecule has 0 saturated heterocycles. The highest BCUT2D eigenvalue weighted by Gasteiger charge is 2.04. The number of hydrogen-bond donors (Lipinski definition) is 2. The van der Waals surface area contributed by atoms with Gasteiger partial charge in [0.15, 0.2) is 6.54 Å². The van der Waals surface area contributed by atoms with Crippen LogP contribution in [0.4, 0.5) is 0 Å². The second kappa shape index (κ2) is 5.27. The lowest BCUT2D eigenvalue weighted by atomic mass is 10.3. The Bertz CT molecular complexity index is 131. The lowest BCUT2D eigenvalue weighted by Gasteiger charge is -2.07. The molecule has 0 saturated carbocycles. The Morgan fingerprint density at radius 2 is 2.36 bits per heavy atom. The molecule has 0 aliphatic carbocycles. The lowest BCUT2D eigenvalue weighted by molar-refractivity contribution is -0.522. The maximum atomic E-state index is 5.47. The third-order valence-electron chi connectivity index (χ3n) is 1.92. The molecule has 0 radical (unpaired) electrons. The van der Waals surface area contributed by atoms with Crippen molar-refractivity contribution < 1.29 is 4.58 Å². The summed E-state index contributed by atoms with van der Waals surface area (Å²) < 4.78 is 2.33. The van der Waals surface area contributed by atoms with Crippen LogP contribution in [-0.4, -0.2) is 43.5 Å². The standard InChI is InChI=1S/C8H18N3/c9-3-8-11-6-1-4-10-5-2-7-11/h6,10H,1-5,7-9H2/q+1/b11-6+. The van der Waals surface area contributed by atoms with Crippen molar-refractivity contribution in [1.82, 2.24) is 5.32 Å². The van der Waals surface area contributed by atoms with Crippen LogP contribution in [0.25, 0.3) is 0 Å². The summed E-state index contributed by atoms with van der Waals surface area (Å²) in [7, 11) is 0. The van der Waals surface area contributed by atoms with Gasteiger partial charge in [0, 0.05) is 25.9 Å². The Morgan fingerprint density at radius 3 is 3.18 bits per heavy atom. The molecule has 0 bridgehead atoms. The monoisotopic (exact) mass is 156 g/mol. The maximum absolute atomic E-state index is 5.47. The minimum Gasteiger partial charge on any atom is -0.325 e. The molecule has 0 spiro atoms. The zero-order valence-corrected chi connectivity index (χ0v) is 7.05. The molecule has 1 heterocycles. The van der Waals surface area contributed by atoms with Crippen molar-refractivity contribution in [3.8, 4) is 0 Å². The second-order valence-electron chi connectivity index (χ2n) is 2.90. The minimum absolute atomic E-state index is 0.768. The summed E-state index contributed by atoms with van der Waals surface area (Å²) in [5.41, 5.74) is 5.47. The molecule has 3 heteroatoms. The molecule has 0 aromatic rings. The van der Waals surface area contributed by atoms with Gasteiger partial charge >= 0.3 is 0 Å². The van der Waals surface area contributed by atoms with Gasteiger partial charge in [-0.05, 0) is 0 Å². The van der Waals surface area contributed by atoms with Gasteiger partial charge in [-0.15, -0.1) is 0 Å². The smallest absolute Gasteiger partial charge is 0.154 e. The zero-order valence-electron chi connectivity index (χ0n) is 7.05. The van der Waals surface area contributed by atoms with E-state index in [9.17, 15) is 0 Å². The Kier molecular flexibility index (Phi) is 4.16. The number of rotatable bonds is 2. The van der Waals surface area contributed by atoms with Crippen molar-refractivity contribution in [3.63, 3.8) is 0 Å². The van der Waals surface area contributed by atoms with Crippen molar-refractivity contribution in [1.29, 1.82) is 0 Å². The first-order valence-electron chi connectivity index (χ1n) is 4.41. The normalized spacial score (nSPS) is 25.0. The Hall–Kier alpha value is -0.410. The van der Waals surface area contributed by atoms with Crippen LogP contribution in [0.3, 0.4) is 0 Å². The van der Waals surface area contributed by atoms with Crippen LogP contribution in [-0.2, 0) is 0 Å². The van der Waals surface area contributed by atoms with E-state index in [0.29, 0.717) is 0 Å². The van der Waals surface area contributed by atoms with E-state index in [-0.39, 0.29) is 0 Å². The molecule has 0 aromatic carbocycles. The molecule has 3 N–H and O–H groups in total. The van der Waals surface area contributed by atoms with E-state index in [0.717, 1.165) is 39.1 Å². The third kappa shape index (κ3) is 3.49. The highest BCUT2D eigenvalue weighted by Crippen LogP contribution is 1.86. The summed E-state index contributed by atoms with van der Waals surface area (Å²) in [5, 5.41) is 3.36. The van der Waals surface area contributed by atoms with Crippen LogP contribution in [0.5, 0.6) is 0 Å². The molecule has 1 aliphatic heterocycles. The van der Waals surface area contributed by atoms with Gasteiger partial charge in [0.05, 0.1) is 6.54 Å². The zero-order chi connectivity index (χ0) is 7.94. The first-order chi connectivity index (χ1) is 5.43. The molecule has 64 valence electrons. The third-order valence-corrected chi connectivity index (χ3v) is 1.92. The van der Waals surface area contributed by atoms with Crippen LogP contribution in [0, 0.1) is 0 Å². The van der Waals surface area contributed by atoms with Gasteiger partial charge in [-0.1, -0.05) is 0 Å². The van der Waals surface area contributed by atoms with Crippen molar-refractivity contribution in [3.05, 3.63) is 0 Å². The van der Waals surface area contributed by atoms with Gasteiger partial charge in [0.2, 0.25) is 0 Å². The molecule has 0 aromatic heterocycles. The van der Waals surface area contributed by atoms with Crippen LogP contribution in [0.1, 0.15) is 12.8 Å². The van der Waals surface area contributed by atoms with Crippen molar-refractivity contribution in [2.75, 3.05) is 32.7 Å². The van der Waals surface area contributed by atoms with E-state index in [4.69, 9.17) is 5.73 Å². The molecule has 0 fully saturated rings. The number of hydrogen-bond acceptors (Lipinski definition) is 2. The van der Waals surface area contributed by atoms with Crippen molar-refractivity contribution in [2.45, 2.75) is 12.8 Å². The number of nitrogens with two attached hydrogens (primary N) is 1. The molecule has 3 nitrogen and oxygen atoms in total. The molecular formula is C8H18N3+. The second-order valence-corrected chi connectivity index (χ2v) is 2.90. The quantitative estimate of drug-likeness (QED) is 0.525. The predicted molar refractivity (Wildman–Crippen MR) is 47.2 cm³/mol. The lowest BCUT2D eigenvalue weighted by Crippen LogP contribution is -2.29. The summed E-state index contributed by atoms with van der Waals surface area (Å²) in [6.45, 7) is 5.20. The summed E-state index contributed by atoms with van der Waals surface area (Å²) >= 11 is 0. The van der Waals surface area contributed by atoms with E-state index in [1.807, 2.05) is 0 Å². The fourth-order valence-electron chi connectivity index (χ4n) is 1.34. The minimum atomic E-state index is 0.768. The fraction of sp³-hybridized carbons (Fsp3) is 0.875. The highest BCUT2D eigenvalue weighted by atomic mass is 15.0. The molecule has 0 atom stereocenters. The first-order valence-corrected chi connectivity index (χ1v) is 4.41. The highest BCUT2D eigenvalue weighted by molar-refractivity contribution is 5.51. The SMILES string of the molecule is NCC/[N+]1=C/CCNCCC1. The van der Waals surface area contributed by atoms with Gasteiger partial charge in [0.1, 0.15) is 12.8 Å². The van der Waals surface area contributed by atoms with Crippen LogP contribution < -0.4 is 11.1 Å². The molecule has 0 amide bonds. The van der Waals surface area contributed by atoms with Gasteiger partial charge < -0.3 is 11.1 Å². The summed E-state index contributed by atoms with van der Waals surface area (Å²) in [6.07, 6.45) is 4.63. The van der Waals surface area contributed by atoms with Crippen molar-refractivity contribution in [2.24, 2.45) is 5.73 Å². The average Bonchev–Trinajstić information content (AvgIpc) is 1.94. The van der Waals surface area contributed by atoms with Gasteiger partial charge in [-0.3, -0.25) is 0 Å². The molecule has 11 heavy (non-hydrogen) atoms. The largest absolute Gasteiger partial charge is 0.325 e. The van der Waals surface area contributed by atoms with Crippen LogP contribution in [0.2, 0.25) is 0 Å². The van der Waals surface area contributed by atoms with E-state index in [2.05, 4.69) is 16.1 Å². The van der Waals surface area contributed by atoms with E-state index in [1.54, 1.807) is 0 Å². The van der Waals surface area contributed by atoms with Crippen LogP contribution >= 0.6 is 0 Å². The Labute approximate surface area is 68.3 Å². The number of nitrogens with one attached hydrogen (secondary N) is 1. The topological polar surface area (TPSA) is 41.1 Å².